The van der Waals surface area contributed by atoms with Crippen LogP contribution in [-0.2, 0) is 26.2 Å². The Bertz CT molecular complexity index is 1460. The highest BCUT2D eigenvalue weighted by Crippen LogP contribution is 2.33. The Hall–Kier alpha value is -3.56. The molecule has 0 aliphatic rings. The molecule has 0 fully saturated rings. The molecule has 10 heteroatoms. The van der Waals surface area contributed by atoms with Crippen molar-refractivity contribution in [2.24, 2.45) is 0 Å². The molecule has 0 heterocycles. The minimum absolute atomic E-state index is 0.0296. The van der Waals surface area contributed by atoms with Crippen molar-refractivity contribution in [2.45, 2.75) is 71.0 Å². The van der Waals surface area contributed by atoms with E-state index in [0.717, 1.165) is 21.9 Å². The van der Waals surface area contributed by atoms with Gasteiger partial charge in [-0.3, -0.25) is 13.9 Å². The minimum Gasteiger partial charge on any atom is -0.492 e. The van der Waals surface area contributed by atoms with Gasteiger partial charge in [0.25, 0.3) is 10.0 Å². The van der Waals surface area contributed by atoms with Crippen molar-refractivity contribution in [3.05, 3.63) is 88.9 Å². The molecule has 3 aromatic carbocycles. The molecule has 0 aliphatic heterocycles. The van der Waals surface area contributed by atoms with Gasteiger partial charge in [0.2, 0.25) is 11.8 Å². The van der Waals surface area contributed by atoms with E-state index in [2.05, 4.69) is 5.32 Å². The topological polar surface area (TPSA) is 96.0 Å². The molecular formula is C32H40ClN3O5S. The van der Waals surface area contributed by atoms with Crippen molar-refractivity contribution in [3.8, 4) is 5.75 Å². The summed E-state index contributed by atoms with van der Waals surface area (Å²) < 4.78 is 35.0. The number of rotatable bonds is 14. The third-order valence-electron chi connectivity index (χ3n) is 7.10. The molecule has 0 unspecified atom stereocenters. The minimum atomic E-state index is -4.25. The number of hydrogen-bond donors (Lipinski definition) is 1. The summed E-state index contributed by atoms with van der Waals surface area (Å²) in [6.45, 7) is 9.34. The molecule has 0 bridgehead atoms. The Morgan fingerprint density at radius 3 is 2.19 bits per heavy atom. The number of para-hydroxylation sites is 2. The number of sulfonamides is 1. The highest BCUT2D eigenvalue weighted by Gasteiger charge is 2.35. The molecule has 0 radical (unpaired) electrons. The van der Waals surface area contributed by atoms with Crippen LogP contribution in [0, 0.1) is 6.92 Å². The molecule has 8 nitrogen and oxygen atoms in total. The lowest BCUT2D eigenvalue weighted by atomic mass is 10.1. The quantitative estimate of drug-likeness (QED) is 0.242. The first-order chi connectivity index (χ1) is 20.0. The molecular weight excluding hydrogens is 574 g/mol. The normalized spacial score (nSPS) is 12.7. The van der Waals surface area contributed by atoms with Crippen LogP contribution in [0.25, 0.3) is 0 Å². The average molecular weight is 614 g/mol. The molecule has 0 aliphatic carbocycles. The van der Waals surface area contributed by atoms with Gasteiger partial charge in [0, 0.05) is 17.6 Å². The summed E-state index contributed by atoms with van der Waals surface area (Å²) in [7, 11) is -4.25. The van der Waals surface area contributed by atoms with E-state index in [9.17, 15) is 18.0 Å². The van der Waals surface area contributed by atoms with Crippen LogP contribution in [0.5, 0.6) is 5.75 Å². The van der Waals surface area contributed by atoms with E-state index < -0.39 is 28.5 Å². The third kappa shape index (κ3) is 8.04. The van der Waals surface area contributed by atoms with Crippen LogP contribution in [0.2, 0.25) is 5.02 Å². The summed E-state index contributed by atoms with van der Waals surface area (Å²) in [5, 5.41) is 3.37. The maximum absolute atomic E-state index is 14.3. The smallest absolute Gasteiger partial charge is 0.264 e. The van der Waals surface area contributed by atoms with Crippen LogP contribution >= 0.6 is 11.6 Å². The maximum atomic E-state index is 14.3. The molecule has 0 aromatic heterocycles. The first-order valence-corrected chi connectivity index (χ1v) is 16.0. The summed E-state index contributed by atoms with van der Waals surface area (Å²) >= 11 is 6.04. The molecule has 226 valence electrons. The van der Waals surface area contributed by atoms with Crippen molar-refractivity contribution in [1.29, 1.82) is 0 Å². The van der Waals surface area contributed by atoms with Gasteiger partial charge in [-0.15, -0.1) is 0 Å². The predicted octanol–water partition coefficient (Wildman–Crippen LogP) is 5.96. The van der Waals surface area contributed by atoms with Gasteiger partial charge in [-0.1, -0.05) is 61.8 Å². The highest BCUT2D eigenvalue weighted by molar-refractivity contribution is 7.92. The van der Waals surface area contributed by atoms with Crippen LogP contribution in [0.15, 0.2) is 77.7 Å². The lowest BCUT2D eigenvalue weighted by Gasteiger charge is -2.34. The Kier molecular flexibility index (Phi) is 11.8. The second-order valence-corrected chi connectivity index (χ2v) is 12.4. The first-order valence-electron chi connectivity index (χ1n) is 14.2. The van der Waals surface area contributed by atoms with Gasteiger partial charge in [0.1, 0.15) is 18.3 Å². The standard InChI is InChI=1S/C32H40ClN3O5S/c1-6-24(5)34-32(38)28(7-2)35(21-25-14-10-9-13-23(25)4)31(37)22-36(29-15-11-12-16-30(29)41-8-3)42(39,40)27-19-17-26(33)18-20-27/h9-20,24,28H,6-8,21-22H2,1-5H3,(H,34,38)/t24-,28-/m0/s1. The Morgan fingerprint density at radius 1 is 0.929 bits per heavy atom. The number of ether oxygens (including phenoxy) is 1. The van der Waals surface area contributed by atoms with Gasteiger partial charge in [0.15, 0.2) is 0 Å². The van der Waals surface area contributed by atoms with Crippen molar-refractivity contribution in [1.82, 2.24) is 10.2 Å². The number of anilines is 1. The summed E-state index contributed by atoms with van der Waals surface area (Å²) in [6, 6.07) is 19.2. The fourth-order valence-electron chi connectivity index (χ4n) is 4.52. The highest BCUT2D eigenvalue weighted by atomic mass is 35.5. The van der Waals surface area contributed by atoms with Crippen molar-refractivity contribution in [2.75, 3.05) is 17.5 Å². The number of aryl methyl sites for hydroxylation is 1. The number of nitrogens with one attached hydrogen (secondary N) is 1. The predicted molar refractivity (Wildman–Crippen MR) is 167 cm³/mol. The molecule has 2 amide bonds. The van der Waals surface area contributed by atoms with Crippen LogP contribution < -0.4 is 14.4 Å². The number of amides is 2. The molecule has 3 rings (SSSR count). The van der Waals surface area contributed by atoms with E-state index in [4.69, 9.17) is 16.3 Å². The Labute approximate surface area is 254 Å². The van der Waals surface area contributed by atoms with Gasteiger partial charge >= 0.3 is 0 Å². The number of halogens is 1. The monoisotopic (exact) mass is 613 g/mol. The van der Waals surface area contributed by atoms with Crippen molar-refractivity contribution >= 4 is 39.1 Å². The number of benzene rings is 3. The van der Waals surface area contributed by atoms with Gasteiger partial charge < -0.3 is 15.0 Å². The van der Waals surface area contributed by atoms with E-state index in [1.807, 2.05) is 52.0 Å². The number of nitrogens with zero attached hydrogens (tertiary/aromatic N) is 2. The molecule has 1 N–H and O–H groups in total. The van der Waals surface area contributed by atoms with Gasteiger partial charge in [0.05, 0.1) is 17.2 Å². The molecule has 0 saturated heterocycles. The van der Waals surface area contributed by atoms with Gasteiger partial charge in [-0.2, -0.15) is 0 Å². The van der Waals surface area contributed by atoms with E-state index in [-0.39, 0.29) is 29.1 Å². The number of carbonyl (C=O) groups is 2. The summed E-state index contributed by atoms with van der Waals surface area (Å²) in [6.07, 6.45) is 1.08. The fourth-order valence-corrected chi connectivity index (χ4v) is 6.07. The van der Waals surface area contributed by atoms with E-state index in [0.29, 0.717) is 23.8 Å². The first kappa shape index (κ1) is 32.9. The van der Waals surface area contributed by atoms with Crippen LogP contribution in [-0.4, -0.2) is 50.4 Å². The molecule has 0 spiro atoms. The lowest BCUT2D eigenvalue weighted by molar-refractivity contribution is -0.140. The molecule has 2 atom stereocenters. The lowest BCUT2D eigenvalue weighted by Crippen LogP contribution is -2.53. The van der Waals surface area contributed by atoms with Gasteiger partial charge in [-0.05, 0) is 81.1 Å². The zero-order chi connectivity index (χ0) is 30.9. The largest absolute Gasteiger partial charge is 0.492 e. The SMILES string of the molecule is CCOc1ccccc1N(CC(=O)N(Cc1ccccc1C)[C@@H](CC)C(=O)N[C@@H](C)CC)S(=O)(=O)c1ccc(Cl)cc1. The second kappa shape index (κ2) is 15.1. The van der Waals surface area contributed by atoms with Crippen LogP contribution in [0.4, 0.5) is 5.69 Å². The van der Waals surface area contributed by atoms with Crippen LogP contribution in [0.3, 0.4) is 0 Å². The number of carbonyl (C=O) groups excluding carboxylic acids is 2. The van der Waals surface area contributed by atoms with Crippen molar-refractivity contribution in [3.63, 3.8) is 0 Å². The third-order valence-corrected chi connectivity index (χ3v) is 9.13. The van der Waals surface area contributed by atoms with E-state index >= 15 is 0 Å². The van der Waals surface area contributed by atoms with Gasteiger partial charge in [-0.25, -0.2) is 8.42 Å². The maximum Gasteiger partial charge on any atom is 0.264 e. The van der Waals surface area contributed by atoms with Crippen molar-refractivity contribution < 1.29 is 22.7 Å². The Balaban J connectivity index is 2.12. The summed E-state index contributed by atoms with van der Waals surface area (Å²) in [5.74, 6) is -0.485. The van der Waals surface area contributed by atoms with E-state index in [1.54, 1.807) is 31.2 Å². The zero-order valence-electron chi connectivity index (χ0n) is 24.8. The van der Waals surface area contributed by atoms with E-state index in [1.165, 1.54) is 29.2 Å². The Morgan fingerprint density at radius 2 is 1.57 bits per heavy atom. The number of hydrogen-bond acceptors (Lipinski definition) is 5. The summed E-state index contributed by atoms with van der Waals surface area (Å²) in [5.41, 5.74) is 2.04. The molecule has 3 aromatic rings. The molecule has 42 heavy (non-hydrogen) atoms. The van der Waals surface area contributed by atoms with Crippen LogP contribution in [0.1, 0.15) is 51.7 Å². The second-order valence-electron chi connectivity index (χ2n) is 10.1. The summed E-state index contributed by atoms with van der Waals surface area (Å²) in [4.78, 5) is 29.2. The fraction of sp³-hybridized carbons (Fsp3) is 0.375. The average Bonchev–Trinajstić information content (AvgIpc) is 2.97. The zero-order valence-corrected chi connectivity index (χ0v) is 26.4. The molecule has 0 saturated carbocycles.